The summed E-state index contributed by atoms with van der Waals surface area (Å²) in [6.07, 6.45) is 2.67. The van der Waals surface area contributed by atoms with Crippen LogP contribution in [0.15, 0.2) is 29.1 Å². The third kappa shape index (κ3) is 4.26. The first-order chi connectivity index (χ1) is 17.6. The largest absolute Gasteiger partial charge is 0.494 e. The fourth-order valence-electron chi connectivity index (χ4n) is 5.68. The number of nitrogens with two attached hydrogens (primary N) is 3. The number of halogens is 2. The lowest BCUT2D eigenvalue weighted by Gasteiger charge is -2.40. The molecule has 1 aliphatic carbocycles. The molecule has 5 rings (SSSR count). The summed E-state index contributed by atoms with van der Waals surface area (Å²) in [5.41, 5.74) is 20.5. The van der Waals surface area contributed by atoms with Gasteiger partial charge in [0.1, 0.15) is 16.9 Å². The second kappa shape index (κ2) is 9.66. The molecule has 7 N–H and O–H groups in total. The highest BCUT2D eigenvalue weighted by atomic mass is 32.2. The molecule has 4 atom stereocenters. The van der Waals surface area contributed by atoms with E-state index in [1.54, 1.807) is 0 Å². The maximum absolute atomic E-state index is 15.5. The summed E-state index contributed by atoms with van der Waals surface area (Å²) in [7, 11) is 1.29. The summed E-state index contributed by atoms with van der Waals surface area (Å²) in [5, 5.41) is 9.50. The predicted molar refractivity (Wildman–Crippen MR) is 138 cm³/mol. The van der Waals surface area contributed by atoms with Crippen LogP contribution in [0.25, 0.3) is 0 Å². The number of aliphatic hydroxyl groups is 1. The van der Waals surface area contributed by atoms with Gasteiger partial charge < -0.3 is 36.8 Å². The average molecular weight is 533 g/mol. The monoisotopic (exact) mass is 532 g/mol. The number of anilines is 2. The van der Waals surface area contributed by atoms with Gasteiger partial charge in [0.2, 0.25) is 0 Å². The second-order valence-electron chi connectivity index (χ2n) is 9.81. The lowest BCUT2D eigenvalue weighted by molar-refractivity contribution is -0.114. The van der Waals surface area contributed by atoms with Gasteiger partial charge in [0, 0.05) is 24.7 Å². The third-order valence-corrected chi connectivity index (χ3v) is 8.27. The van der Waals surface area contributed by atoms with E-state index in [-0.39, 0.29) is 34.0 Å². The first-order valence-electron chi connectivity index (χ1n) is 12.1. The number of pyridine rings is 1. The van der Waals surface area contributed by atoms with Crippen LogP contribution in [-0.4, -0.2) is 42.2 Å². The summed E-state index contributed by atoms with van der Waals surface area (Å²) in [4.78, 5) is 20.8. The van der Waals surface area contributed by atoms with Gasteiger partial charge in [-0.2, -0.15) is 0 Å². The molecule has 0 radical (unpaired) electrons. The number of aromatic nitrogens is 1. The van der Waals surface area contributed by atoms with Crippen molar-refractivity contribution in [3.63, 3.8) is 0 Å². The number of aliphatic hydroxyl groups excluding tert-OH is 1. The van der Waals surface area contributed by atoms with Gasteiger partial charge in [-0.25, -0.2) is 8.78 Å². The van der Waals surface area contributed by atoms with Crippen molar-refractivity contribution < 1.29 is 23.4 Å². The molecule has 198 valence electrons. The highest BCUT2D eigenvalue weighted by Gasteiger charge is 2.43. The van der Waals surface area contributed by atoms with E-state index in [2.05, 4.69) is 16.8 Å². The number of hydrogen-bond donors (Lipinski definition) is 4. The highest BCUT2D eigenvalue weighted by molar-refractivity contribution is 8.03. The van der Waals surface area contributed by atoms with E-state index < -0.39 is 29.0 Å². The predicted octanol–water partition coefficient (Wildman–Crippen LogP) is 2.39. The first kappa shape index (κ1) is 25.6. The number of nitrogens with zero attached hydrogens (tertiary/aromatic N) is 3. The van der Waals surface area contributed by atoms with E-state index in [9.17, 15) is 9.90 Å². The normalized spacial score (nSPS) is 25.6. The number of primary amides is 1. The second-order valence-corrected chi connectivity index (χ2v) is 10.9. The number of methoxy groups -OCH3 is 1. The van der Waals surface area contributed by atoms with E-state index >= 15 is 8.78 Å². The smallest absolute Gasteiger partial charge is 0.268 e. The van der Waals surface area contributed by atoms with E-state index in [1.165, 1.54) is 24.3 Å². The van der Waals surface area contributed by atoms with Gasteiger partial charge in [-0.05, 0) is 37.3 Å². The number of thioether (sulfide) groups is 1. The number of hydrogen-bond acceptors (Lipinski definition) is 9. The lowest BCUT2D eigenvalue weighted by Crippen LogP contribution is -2.47. The van der Waals surface area contributed by atoms with Crippen molar-refractivity contribution in [3.8, 4) is 5.75 Å². The lowest BCUT2D eigenvalue weighted by atomic mass is 9.95. The van der Waals surface area contributed by atoms with Crippen LogP contribution in [0.3, 0.4) is 0 Å². The minimum absolute atomic E-state index is 0.0364. The van der Waals surface area contributed by atoms with Crippen molar-refractivity contribution in [2.24, 2.45) is 23.1 Å². The number of piperidine rings is 1. The molecular formula is C25H30F2N6O3S. The van der Waals surface area contributed by atoms with Crippen LogP contribution in [0.5, 0.6) is 5.75 Å². The molecule has 3 heterocycles. The number of ether oxygens (including phenoxy) is 1. The van der Waals surface area contributed by atoms with Crippen LogP contribution in [-0.2, 0) is 11.2 Å². The van der Waals surface area contributed by atoms with Crippen molar-refractivity contribution in [2.45, 2.75) is 43.7 Å². The fourth-order valence-corrected chi connectivity index (χ4v) is 6.89. The van der Waals surface area contributed by atoms with Crippen LogP contribution < -0.4 is 31.7 Å². The number of benzene rings is 1. The Bertz CT molecular complexity index is 1280. The van der Waals surface area contributed by atoms with E-state index in [0.717, 1.165) is 29.8 Å². The Balaban J connectivity index is 1.75. The maximum Gasteiger partial charge on any atom is 0.268 e. The molecule has 9 nitrogen and oxygen atoms in total. The summed E-state index contributed by atoms with van der Waals surface area (Å²) in [6, 6.07) is 2.21. The number of carbonyl (C=O) groups is 1. The molecule has 0 spiro atoms. The average Bonchev–Trinajstić information content (AvgIpc) is 3.37. The van der Waals surface area contributed by atoms with E-state index in [4.69, 9.17) is 21.9 Å². The van der Waals surface area contributed by atoms with Gasteiger partial charge in [-0.1, -0.05) is 18.7 Å². The molecule has 2 aliphatic heterocycles. The minimum atomic E-state index is -1.10. The summed E-state index contributed by atoms with van der Waals surface area (Å²) in [5.74, 6) is -2.43. The van der Waals surface area contributed by atoms with Crippen LogP contribution in [0, 0.1) is 17.6 Å². The van der Waals surface area contributed by atoms with Crippen molar-refractivity contribution in [2.75, 3.05) is 30.0 Å². The molecular weight excluding hydrogens is 502 g/mol. The molecule has 2 aromatic rings. The van der Waals surface area contributed by atoms with Crippen LogP contribution in [0.2, 0.25) is 0 Å². The van der Waals surface area contributed by atoms with E-state index in [1.807, 2.05) is 0 Å². The summed E-state index contributed by atoms with van der Waals surface area (Å²) >= 11 is 0.922. The number of amides is 1. The number of fused-ring (bicyclic) bond motifs is 1. The Morgan fingerprint density at radius 2 is 2.05 bits per heavy atom. The molecule has 1 unspecified atom stereocenters. The molecule has 12 heteroatoms. The number of rotatable bonds is 5. The van der Waals surface area contributed by atoms with Crippen LogP contribution in [0.4, 0.5) is 20.2 Å². The Morgan fingerprint density at radius 3 is 2.73 bits per heavy atom. The Kier molecular flexibility index (Phi) is 6.67. The van der Waals surface area contributed by atoms with Crippen LogP contribution >= 0.6 is 11.8 Å². The van der Waals surface area contributed by atoms with Gasteiger partial charge in [-0.3, -0.25) is 9.78 Å². The summed E-state index contributed by atoms with van der Waals surface area (Å²) in [6.45, 7) is 3.30. The molecule has 0 bridgehead atoms. The van der Waals surface area contributed by atoms with Crippen molar-refractivity contribution in [3.05, 3.63) is 57.5 Å². The van der Waals surface area contributed by atoms with E-state index in [0.29, 0.717) is 43.0 Å². The maximum atomic E-state index is 15.5. The van der Waals surface area contributed by atoms with Gasteiger partial charge in [-0.15, -0.1) is 0 Å². The quantitative estimate of drug-likeness (QED) is 0.456. The minimum Gasteiger partial charge on any atom is -0.494 e. The number of carbonyl (C=O) groups excluding carboxylic acids is 1. The van der Waals surface area contributed by atoms with Gasteiger partial charge in [0.25, 0.3) is 5.91 Å². The van der Waals surface area contributed by atoms with Crippen molar-refractivity contribution in [1.82, 2.24) is 4.98 Å². The van der Waals surface area contributed by atoms with Gasteiger partial charge in [0.05, 0.1) is 47.1 Å². The topological polar surface area (TPSA) is 144 Å². The molecule has 37 heavy (non-hydrogen) atoms. The third-order valence-electron chi connectivity index (χ3n) is 7.15. The van der Waals surface area contributed by atoms with Crippen molar-refractivity contribution in [1.29, 1.82) is 0 Å². The molecule has 1 aromatic heterocycles. The Labute approximate surface area is 217 Å². The van der Waals surface area contributed by atoms with Crippen LogP contribution in [0.1, 0.15) is 48.1 Å². The van der Waals surface area contributed by atoms with Crippen molar-refractivity contribution >= 4 is 29.0 Å². The zero-order valence-corrected chi connectivity index (χ0v) is 21.4. The Morgan fingerprint density at radius 1 is 1.30 bits per heavy atom. The first-order valence-corrected chi connectivity index (χ1v) is 13.0. The van der Waals surface area contributed by atoms with Gasteiger partial charge >= 0.3 is 0 Å². The standard InChI is InChI=1S/C25H30F2N6O3S/c1-11-7-12(28)10-32(9-11)21-13-3-5-16(34)20(13)31-8-15(21)33-22(23(29)35)24(30)37-25(33)18-14(26)4-6-17(36-2)19(18)27/h4,6,8,11-12,16,25,34H,3,5,7,9-10,28,30H2,1-2H3,(H2,29,35)/t11-,12+,16+,25?/m1/s1. The zero-order valence-electron chi connectivity index (χ0n) is 20.6. The van der Waals surface area contributed by atoms with Gasteiger partial charge in [0.15, 0.2) is 11.6 Å². The SMILES string of the molecule is COc1ccc(F)c(C2SC(N)=C(C(N)=O)N2c2cnc3c(c2N2C[C@H](C)C[C@H](N)C2)CC[C@@H]3O)c1F. The fraction of sp³-hybridized carbons (Fsp3) is 0.440. The summed E-state index contributed by atoms with van der Waals surface area (Å²) < 4.78 is 35.8. The highest BCUT2D eigenvalue weighted by Crippen LogP contribution is 2.54. The molecule has 0 saturated carbocycles. The molecule has 1 amide bonds. The molecule has 3 aliphatic rings. The molecule has 1 aromatic carbocycles. The molecule has 1 fully saturated rings. The Hall–Kier alpha value is -3.09. The zero-order chi connectivity index (χ0) is 26.6. The molecule has 1 saturated heterocycles.